The quantitative estimate of drug-likeness (QED) is 0.527. The van der Waals surface area contributed by atoms with Gasteiger partial charge in [0.2, 0.25) is 5.91 Å². The van der Waals surface area contributed by atoms with Crippen LogP contribution in [0.15, 0.2) is 72.8 Å². The monoisotopic (exact) mass is 370 g/mol. The number of carbonyl (C=O) groups is 1. The lowest BCUT2D eigenvalue weighted by molar-refractivity contribution is -0.119. The summed E-state index contributed by atoms with van der Waals surface area (Å²) in [6, 6.07) is 23.8. The zero-order chi connectivity index (χ0) is 19.5. The Bertz CT molecular complexity index is 1100. The van der Waals surface area contributed by atoms with Gasteiger partial charge in [-0.05, 0) is 54.8 Å². The molecule has 5 heteroatoms. The van der Waals surface area contributed by atoms with E-state index in [0.29, 0.717) is 6.54 Å². The third kappa shape index (κ3) is 3.64. The molecule has 0 atom stereocenters. The average Bonchev–Trinajstić information content (AvgIpc) is 3.09. The van der Waals surface area contributed by atoms with Crippen molar-refractivity contribution >= 4 is 22.6 Å². The molecule has 0 aliphatic heterocycles. The number of amides is 1. The van der Waals surface area contributed by atoms with Crippen molar-refractivity contribution in [3.8, 4) is 0 Å². The Kier molecular flexibility index (Phi) is 4.89. The summed E-state index contributed by atoms with van der Waals surface area (Å²) >= 11 is 0. The highest BCUT2D eigenvalue weighted by Crippen LogP contribution is 2.20. The minimum atomic E-state index is -0.0277. The fraction of sp³-hybridized carbons (Fsp3) is 0.174. The Morgan fingerprint density at radius 2 is 1.57 bits per heavy atom. The number of fused-ring (bicyclic) bond motifs is 1. The lowest BCUT2D eigenvalue weighted by atomic mass is 10.1. The summed E-state index contributed by atoms with van der Waals surface area (Å²) in [5.41, 5.74) is 5.96. The fourth-order valence-corrected chi connectivity index (χ4v) is 3.25. The molecule has 28 heavy (non-hydrogen) atoms. The van der Waals surface area contributed by atoms with E-state index in [9.17, 15) is 4.79 Å². The highest BCUT2D eigenvalue weighted by molar-refractivity contribution is 5.93. The van der Waals surface area contributed by atoms with Crippen molar-refractivity contribution in [2.24, 2.45) is 0 Å². The van der Waals surface area contributed by atoms with Crippen LogP contribution in [0.3, 0.4) is 0 Å². The first kappa shape index (κ1) is 17.9. The van der Waals surface area contributed by atoms with E-state index in [1.165, 1.54) is 5.56 Å². The number of nitrogens with zero attached hydrogens (tertiary/aromatic N) is 4. The average molecular weight is 370 g/mol. The minimum Gasteiger partial charge on any atom is -0.306 e. The van der Waals surface area contributed by atoms with E-state index in [-0.39, 0.29) is 12.5 Å². The van der Waals surface area contributed by atoms with E-state index in [1.54, 1.807) is 9.58 Å². The molecule has 0 N–H and O–H groups in total. The highest BCUT2D eigenvalue weighted by atomic mass is 16.2. The molecule has 0 bridgehead atoms. The van der Waals surface area contributed by atoms with Crippen LogP contribution in [0.4, 0.5) is 5.69 Å². The molecule has 4 rings (SSSR count). The van der Waals surface area contributed by atoms with Crippen LogP contribution in [-0.2, 0) is 17.9 Å². The number of hydrogen-bond donors (Lipinski definition) is 0. The fourth-order valence-electron chi connectivity index (χ4n) is 3.25. The van der Waals surface area contributed by atoms with Crippen molar-refractivity contribution in [1.82, 2.24) is 15.0 Å². The van der Waals surface area contributed by atoms with Gasteiger partial charge in [-0.25, -0.2) is 4.68 Å². The molecule has 0 fully saturated rings. The number of anilines is 1. The van der Waals surface area contributed by atoms with Gasteiger partial charge >= 0.3 is 0 Å². The van der Waals surface area contributed by atoms with Crippen molar-refractivity contribution in [2.45, 2.75) is 26.9 Å². The standard InChI is InChI=1S/C23H22N4O/c1-17-13-21-22(14-18(17)2)27(25-24-21)16-23(28)26(20-11-7-4-8-12-20)15-19-9-5-3-6-10-19/h3-14H,15-16H2,1-2H3. The Labute approximate surface area is 164 Å². The first-order valence-electron chi connectivity index (χ1n) is 9.31. The molecule has 140 valence electrons. The van der Waals surface area contributed by atoms with Gasteiger partial charge in [-0.15, -0.1) is 5.10 Å². The van der Waals surface area contributed by atoms with E-state index in [0.717, 1.165) is 27.8 Å². The van der Waals surface area contributed by atoms with E-state index in [4.69, 9.17) is 0 Å². The van der Waals surface area contributed by atoms with Gasteiger partial charge in [0.25, 0.3) is 0 Å². The first-order chi connectivity index (χ1) is 13.6. The minimum absolute atomic E-state index is 0.0277. The second-order valence-electron chi connectivity index (χ2n) is 6.97. The van der Waals surface area contributed by atoms with Crippen molar-refractivity contribution in [2.75, 3.05) is 4.90 Å². The number of benzene rings is 3. The van der Waals surface area contributed by atoms with Crippen molar-refractivity contribution in [3.63, 3.8) is 0 Å². The predicted molar refractivity (Wildman–Crippen MR) is 111 cm³/mol. The van der Waals surface area contributed by atoms with Gasteiger partial charge in [-0.3, -0.25) is 4.79 Å². The predicted octanol–water partition coefficient (Wildman–Crippen LogP) is 4.28. The molecular formula is C23H22N4O. The molecule has 5 nitrogen and oxygen atoms in total. The number of aryl methyl sites for hydroxylation is 2. The largest absolute Gasteiger partial charge is 0.306 e. The van der Waals surface area contributed by atoms with Crippen LogP contribution in [0.25, 0.3) is 11.0 Å². The van der Waals surface area contributed by atoms with Gasteiger partial charge in [0, 0.05) is 5.69 Å². The van der Waals surface area contributed by atoms with Crippen LogP contribution in [0.5, 0.6) is 0 Å². The Hall–Kier alpha value is -3.47. The normalized spacial score (nSPS) is 10.9. The maximum absolute atomic E-state index is 13.2. The van der Waals surface area contributed by atoms with Crippen molar-refractivity contribution in [1.29, 1.82) is 0 Å². The summed E-state index contributed by atoms with van der Waals surface area (Å²) in [4.78, 5) is 15.0. The maximum atomic E-state index is 13.2. The molecule has 0 spiro atoms. The molecule has 0 saturated heterocycles. The van der Waals surface area contributed by atoms with Crippen LogP contribution in [0.2, 0.25) is 0 Å². The summed E-state index contributed by atoms with van der Waals surface area (Å²) in [5.74, 6) is -0.0277. The Morgan fingerprint density at radius 1 is 0.929 bits per heavy atom. The molecule has 0 saturated carbocycles. The van der Waals surface area contributed by atoms with E-state index < -0.39 is 0 Å². The molecule has 0 aliphatic carbocycles. The SMILES string of the molecule is Cc1cc2nnn(CC(=O)N(Cc3ccccc3)c3ccccc3)c2cc1C. The summed E-state index contributed by atoms with van der Waals surface area (Å²) in [6.45, 7) is 4.75. The second-order valence-corrected chi connectivity index (χ2v) is 6.97. The third-order valence-corrected chi connectivity index (χ3v) is 4.97. The lowest BCUT2D eigenvalue weighted by Crippen LogP contribution is -2.33. The van der Waals surface area contributed by atoms with Crippen LogP contribution in [0.1, 0.15) is 16.7 Å². The summed E-state index contributed by atoms with van der Waals surface area (Å²) in [5, 5.41) is 8.45. The molecule has 0 unspecified atom stereocenters. The van der Waals surface area contributed by atoms with Crippen LogP contribution >= 0.6 is 0 Å². The van der Waals surface area contributed by atoms with Gasteiger partial charge in [0.15, 0.2) is 0 Å². The smallest absolute Gasteiger partial charge is 0.249 e. The maximum Gasteiger partial charge on any atom is 0.249 e. The van der Waals surface area contributed by atoms with E-state index >= 15 is 0 Å². The summed E-state index contributed by atoms with van der Waals surface area (Å²) in [7, 11) is 0. The summed E-state index contributed by atoms with van der Waals surface area (Å²) in [6.07, 6.45) is 0. The molecule has 1 heterocycles. The van der Waals surface area contributed by atoms with Gasteiger partial charge in [-0.1, -0.05) is 53.7 Å². The van der Waals surface area contributed by atoms with Crippen molar-refractivity contribution < 1.29 is 4.79 Å². The van der Waals surface area contributed by atoms with Crippen molar-refractivity contribution in [3.05, 3.63) is 89.5 Å². The second kappa shape index (κ2) is 7.64. The molecule has 4 aromatic rings. The zero-order valence-electron chi connectivity index (χ0n) is 16.0. The van der Waals surface area contributed by atoms with Gasteiger partial charge in [0.1, 0.15) is 12.1 Å². The Morgan fingerprint density at radius 3 is 2.29 bits per heavy atom. The molecule has 1 amide bonds. The Balaban J connectivity index is 1.65. The molecule has 0 aliphatic rings. The van der Waals surface area contributed by atoms with Crippen LogP contribution in [-0.4, -0.2) is 20.9 Å². The van der Waals surface area contributed by atoms with E-state index in [1.807, 2.05) is 72.8 Å². The van der Waals surface area contributed by atoms with Crippen LogP contribution in [0, 0.1) is 13.8 Å². The van der Waals surface area contributed by atoms with E-state index in [2.05, 4.69) is 24.2 Å². The first-order valence-corrected chi connectivity index (χ1v) is 9.31. The molecule has 1 aromatic heterocycles. The zero-order valence-corrected chi connectivity index (χ0v) is 16.0. The van der Waals surface area contributed by atoms with Gasteiger partial charge < -0.3 is 4.90 Å². The number of rotatable bonds is 5. The molecule has 0 radical (unpaired) electrons. The molecule has 3 aromatic carbocycles. The molecular weight excluding hydrogens is 348 g/mol. The summed E-state index contributed by atoms with van der Waals surface area (Å²) < 4.78 is 1.69. The number of para-hydroxylation sites is 1. The lowest BCUT2D eigenvalue weighted by Gasteiger charge is -2.23. The topological polar surface area (TPSA) is 51.0 Å². The third-order valence-electron chi connectivity index (χ3n) is 4.97. The number of hydrogen-bond acceptors (Lipinski definition) is 3. The van der Waals surface area contributed by atoms with Gasteiger partial charge in [0.05, 0.1) is 12.1 Å². The number of carbonyl (C=O) groups excluding carboxylic acids is 1. The number of aromatic nitrogens is 3. The highest BCUT2D eigenvalue weighted by Gasteiger charge is 2.18. The van der Waals surface area contributed by atoms with Gasteiger partial charge in [-0.2, -0.15) is 0 Å². The van der Waals surface area contributed by atoms with Crippen LogP contribution < -0.4 is 4.90 Å².